The van der Waals surface area contributed by atoms with Gasteiger partial charge in [0.15, 0.2) is 60.7 Å². The van der Waals surface area contributed by atoms with Crippen LogP contribution in [0.4, 0.5) is 0 Å². The molecule has 0 unspecified atom stereocenters. The Morgan fingerprint density at radius 3 is 0.527 bits per heavy atom. The van der Waals surface area contributed by atoms with Gasteiger partial charge in [0.25, 0.3) is 0 Å². The molecule has 35 nitrogen and oxygen atoms in total. The summed E-state index contributed by atoms with van der Waals surface area (Å²) in [5.74, 6) is 0. The van der Waals surface area contributed by atoms with E-state index in [9.17, 15) is 97.0 Å². The molecule has 21 aliphatic rings. The second-order valence-electron chi connectivity index (χ2n) is 27.4. The largest absolute Gasteiger partial charge is 0.414 e. The molecule has 0 spiro atoms. The van der Waals surface area contributed by atoms with Gasteiger partial charge in [-0.05, 0) is 36.3 Å². The molecule has 21 fully saturated rings. The van der Waals surface area contributed by atoms with Crippen molar-refractivity contribution in [1.29, 1.82) is 0 Å². The fraction of sp³-hybridized carbons (Fsp3) is 1.00. The van der Waals surface area contributed by atoms with E-state index in [2.05, 4.69) is 0 Å². The molecule has 0 aromatic carbocycles. The molecular formula is C54H98O35Si2. The van der Waals surface area contributed by atoms with Crippen molar-refractivity contribution in [3.8, 4) is 0 Å². The van der Waals surface area contributed by atoms with Crippen LogP contribution in [0.3, 0.4) is 0 Å². The molecule has 0 aliphatic carbocycles. The van der Waals surface area contributed by atoms with Crippen molar-refractivity contribution in [1.82, 2.24) is 0 Å². The summed E-state index contributed by atoms with van der Waals surface area (Å²) < 4.78 is 96.4. The molecule has 35 atom stereocenters. The van der Waals surface area contributed by atoms with Crippen LogP contribution < -0.4 is 0 Å². The van der Waals surface area contributed by atoms with Crippen LogP contribution in [0.2, 0.25) is 36.3 Å². The van der Waals surface area contributed by atoms with Crippen molar-refractivity contribution in [2.75, 3.05) is 46.2 Å². The Bertz CT molecular complexity index is 2230. The first-order valence-corrected chi connectivity index (χ1v) is 36.3. The lowest BCUT2D eigenvalue weighted by atomic mass is 9.95. The van der Waals surface area contributed by atoms with Crippen LogP contribution in [0.25, 0.3) is 0 Å². The van der Waals surface area contributed by atoms with Crippen molar-refractivity contribution in [3.63, 3.8) is 0 Å². The van der Waals surface area contributed by atoms with E-state index in [0.29, 0.717) is 0 Å². The number of aliphatic hydroxyl groups is 19. The topological polar surface area (TPSA) is 532 Å². The quantitative estimate of drug-likeness (QED) is 0.0854. The molecule has 0 amide bonds. The van der Waals surface area contributed by atoms with E-state index in [4.69, 9.17) is 75.2 Å². The minimum Gasteiger partial charge on any atom is -0.414 e. The third kappa shape index (κ3) is 15.7. The minimum atomic E-state index is -2.75. The fourth-order valence-corrected chi connectivity index (χ4v) is 13.4. The predicted octanol–water partition coefficient (Wildman–Crippen LogP) is -9.17. The van der Waals surface area contributed by atoms with Crippen molar-refractivity contribution in [3.05, 3.63) is 0 Å². The van der Waals surface area contributed by atoms with Gasteiger partial charge in [0.1, 0.15) is 171 Å². The van der Waals surface area contributed by atoms with Crippen LogP contribution in [-0.2, 0) is 75.2 Å². The smallest absolute Gasteiger partial charge is 0.192 e. The maximum atomic E-state index is 11.9. The second-order valence-corrected chi connectivity index (χ2v) is 37.0. The molecule has 0 saturated carbocycles. The average Bonchev–Trinajstić information content (AvgIpc) is 0.986. The highest BCUT2D eigenvalue weighted by Gasteiger charge is 2.60. The molecule has 21 rings (SSSR count). The third-order valence-electron chi connectivity index (χ3n) is 19.3. The van der Waals surface area contributed by atoms with Gasteiger partial charge in [-0.2, -0.15) is 0 Å². The zero-order valence-electron chi connectivity index (χ0n) is 52.2. The molecule has 21 aliphatic heterocycles. The Morgan fingerprint density at radius 1 is 0.242 bits per heavy atom. The van der Waals surface area contributed by atoms with Crippen LogP contribution in [0.1, 0.15) is 41.5 Å². The van der Waals surface area contributed by atoms with Crippen LogP contribution >= 0.6 is 0 Å². The van der Waals surface area contributed by atoms with Crippen LogP contribution in [0.15, 0.2) is 0 Å². The Morgan fingerprint density at radius 2 is 0.385 bits per heavy atom. The highest BCUT2D eigenvalue weighted by atomic mass is 28.4. The average molecular weight is 1360 g/mol. The highest BCUT2D eigenvalue weighted by molar-refractivity contribution is 6.74. The zero-order chi connectivity index (χ0) is 67.5. The summed E-state index contributed by atoms with van der Waals surface area (Å²) in [6, 6.07) is 0. The van der Waals surface area contributed by atoms with Gasteiger partial charge in [0, 0.05) is 0 Å². The number of hydrogen-bond donors (Lipinski definition) is 19. The Hall–Kier alpha value is -0.966. The standard InChI is InChI=1S/C54H98O35Si2/c1-53(2,3)90(7,8)74-16-23-44-31(66)38(73)52(82-23)87-43-22(15-59)78-48(34(69)27(43)62)85-41-20(13-57)80-50(36(71)29(41)64)89-45-24(17-75-91(9,10)54(4,5)6)81-51(37(72)30(45)65)86-42-21(14-58)77-47(33(68)26(42)61)83-39-18(11-55)76-46(32(67)25(39)60)84-40-19(12-56)79-49(88-44)35(70)28(40)63/h18-52,55-73H,11-17H2,1-10H3/t18-,19-,20-,21-,22-,23-,24-,25-,26-,27-,28-,29-,30-,31-,32-,33-,34-,35-,36-,37-,38-,39-,40-,41-,42-,43-,44-,45-,46-,47-,48-,49-,50-,51-,52-/m1/s1. The maximum absolute atomic E-state index is 11.9. The Kier molecular flexibility index (Phi) is 25.2. The number of aliphatic hydroxyl groups excluding tert-OH is 19. The van der Waals surface area contributed by atoms with Crippen molar-refractivity contribution >= 4 is 16.6 Å². The minimum absolute atomic E-state index is 0.435. The predicted molar refractivity (Wildman–Crippen MR) is 301 cm³/mol. The first-order valence-electron chi connectivity index (χ1n) is 30.5. The van der Waals surface area contributed by atoms with Gasteiger partial charge in [-0.3, -0.25) is 0 Å². The Balaban J connectivity index is 1.13. The fourth-order valence-electron chi connectivity index (χ4n) is 11.4. The van der Waals surface area contributed by atoms with Gasteiger partial charge in [-0.1, -0.05) is 41.5 Å². The highest BCUT2D eigenvalue weighted by Crippen LogP contribution is 2.42. The normalized spacial score (nSPS) is 49.5. The molecule has 0 aromatic rings. The first kappa shape index (κ1) is 75.8. The van der Waals surface area contributed by atoms with Crippen LogP contribution in [0.5, 0.6) is 0 Å². The molecule has 532 valence electrons. The first-order chi connectivity index (χ1) is 42.4. The summed E-state index contributed by atoms with van der Waals surface area (Å²) >= 11 is 0. The van der Waals surface area contributed by atoms with E-state index in [1.165, 1.54) is 0 Å². The molecular weight excluding hydrogens is 1260 g/mol. The summed E-state index contributed by atoms with van der Waals surface area (Å²) in [5.41, 5.74) is 0. The van der Waals surface area contributed by atoms with Crippen molar-refractivity contribution < 1.29 is 172 Å². The van der Waals surface area contributed by atoms with Gasteiger partial charge in [0.05, 0.1) is 46.2 Å². The SMILES string of the molecule is CC(C)(C)[Si](C)(C)OC[C@H]1O[C@@H]2O[C@H]3[C@H](O)[C@@H](O)[C@@H](O[C@H]4[C@H](O)[C@@H](O)[C@@H](O[C@H]5[C@H](O)[C@@H](O)[C@@H](O[C@H]6[C@H](O)[C@@H](O)[C@@H](O[C@H]7[C@H](O)[C@@H](O)[C@@H](O[C@H]8[C@H](O)[C@@H](O)[C@@H](O[C@H]1[C@H](O)[C@H]2O)O[C@@H]8CO)O[C@@H]7CO)O[C@@H]6CO)O[C@@H]5CO[Si](C)(C)C(C)(C)C)O[C@@H]4CO)O[C@@H]3CO. The van der Waals surface area contributed by atoms with Gasteiger partial charge in [-0.25, -0.2) is 0 Å². The maximum Gasteiger partial charge on any atom is 0.192 e. The van der Waals surface area contributed by atoms with E-state index in [1.54, 1.807) is 0 Å². The monoisotopic (exact) mass is 1360 g/mol. The lowest BCUT2D eigenvalue weighted by Gasteiger charge is -2.50. The summed E-state index contributed by atoms with van der Waals surface area (Å²) in [6.07, 6.45) is -68.8. The molecule has 19 N–H and O–H groups in total. The van der Waals surface area contributed by atoms with E-state index < -0.39 is 288 Å². The summed E-state index contributed by atoms with van der Waals surface area (Å²) in [5, 5.41) is 216. The van der Waals surface area contributed by atoms with Crippen LogP contribution in [-0.4, -0.2) is 375 Å². The summed E-state index contributed by atoms with van der Waals surface area (Å²) in [4.78, 5) is 0. The molecule has 21 saturated heterocycles. The molecule has 21 heterocycles. The van der Waals surface area contributed by atoms with Crippen LogP contribution in [0, 0.1) is 0 Å². The summed E-state index contributed by atoms with van der Waals surface area (Å²) in [6.45, 7) is 13.0. The van der Waals surface area contributed by atoms with Gasteiger partial charge in [-0.15, -0.1) is 0 Å². The molecule has 91 heavy (non-hydrogen) atoms. The molecule has 37 heteroatoms. The molecule has 0 aromatic heterocycles. The van der Waals surface area contributed by atoms with Gasteiger partial charge < -0.3 is 172 Å². The molecule has 14 bridgehead atoms. The molecule has 0 radical (unpaired) electrons. The number of rotatable bonds is 11. The lowest BCUT2D eigenvalue weighted by molar-refractivity contribution is -0.396. The van der Waals surface area contributed by atoms with E-state index in [0.717, 1.165) is 0 Å². The zero-order valence-corrected chi connectivity index (χ0v) is 54.2. The number of ether oxygens (including phenoxy) is 14. The lowest BCUT2D eigenvalue weighted by Crippen LogP contribution is -2.68. The number of hydrogen-bond acceptors (Lipinski definition) is 35. The van der Waals surface area contributed by atoms with E-state index >= 15 is 0 Å². The van der Waals surface area contributed by atoms with Gasteiger partial charge >= 0.3 is 0 Å². The van der Waals surface area contributed by atoms with E-state index in [1.807, 2.05) is 67.7 Å². The Labute approximate surface area is 526 Å². The van der Waals surface area contributed by atoms with Crippen molar-refractivity contribution in [2.45, 2.75) is 293 Å². The summed E-state index contributed by atoms with van der Waals surface area (Å²) in [7, 11) is -5.49. The third-order valence-corrected chi connectivity index (χ3v) is 28.3. The second kappa shape index (κ2) is 30.2. The van der Waals surface area contributed by atoms with Crippen molar-refractivity contribution in [2.24, 2.45) is 0 Å². The van der Waals surface area contributed by atoms with Gasteiger partial charge in [0.2, 0.25) is 0 Å². The van der Waals surface area contributed by atoms with E-state index in [-0.39, 0.29) is 0 Å².